The highest BCUT2D eigenvalue weighted by Crippen LogP contribution is 2.25. The van der Waals surface area contributed by atoms with Gasteiger partial charge in [-0.3, -0.25) is 4.79 Å². The fourth-order valence-electron chi connectivity index (χ4n) is 3.46. The van der Waals surface area contributed by atoms with Gasteiger partial charge < -0.3 is 16.0 Å². The lowest BCUT2D eigenvalue weighted by Gasteiger charge is -2.39. The molecule has 1 rings (SSSR count). The number of nitrogens with zero attached hydrogens (tertiary/aromatic N) is 1. The highest BCUT2D eigenvalue weighted by atomic mass is 16.1. The van der Waals surface area contributed by atoms with Crippen LogP contribution in [0.4, 0.5) is 0 Å². The van der Waals surface area contributed by atoms with Crippen LogP contribution in [0, 0.1) is 5.92 Å². The smallest absolute Gasteiger partial charge is 0.237 e. The SMILES string of the molecule is CCCC1CCN(C(C)CC(C)(NCC)C(N)=O)CC1. The van der Waals surface area contributed by atoms with Crippen LogP contribution >= 0.6 is 0 Å². The monoisotopic (exact) mass is 283 g/mol. The molecule has 1 amide bonds. The summed E-state index contributed by atoms with van der Waals surface area (Å²) in [6.07, 6.45) is 6.03. The molecule has 0 aliphatic carbocycles. The van der Waals surface area contributed by atoms with Crippen molar-refractivity contribution in [1.29, 1.82) is 0 Å². The molecule has 1 aliphatic rings. The van der Waals surface area contributed by atoms with Gasteiger partial charge in [0.2, 0.25) is 5.91 Å². The van der Waals surface area contributed by atoms with Crippen molar-refractivity contribution in [3.05, 3.63) is 0 Å². The summed E-state index contributed by atoms with van der Waals surface area (Å²) in [6, 6.07) is 0.397. The minimum absolute atomic E-state index is 0.243. The van der Waals surface area contributed by atoms with E-state index >= 15 is 0 Å². The van der Waals surface area contributed by atoms with Crippen molar-refractivity contribution >= 4 is 5.91 Å². The van der Waals surface area contributed by atoms with Gasteiger partial charge in [0, 0.05) is 6.04 Å². The Morgan fingerprint density at radius 3 is 2.45 bits per heavy atom. The van der Waals surface area contributed by atoms with Gasteiger partial charge in [-0.1, -0.05) is 26.7 Å². The second kappa shape index (κ2) is 7.99. The predicted octanol–water partition coefficient (Wildman–Crippen LogP) is 2.13. The molecule has 0 bridgehead atoms. The van der Waals surface area contributed by atoms with Crippen LogP contribution in [0.25, 0.3) is 0 Å². The normalized spacial score (nSPS) is 22.4. The van der Waals surface area contributed by atoms with Gasteiger partial charge in [-0.15, -0.1) is 0 Å². The number of amides is 1. The Hall–Kier alpha value is -0.610. The largest absolute Gasteiger partial charge is 0.368 e. The van der Waals surface area contributed by atoms with E-state index in [1.807, 2.05) is 13.8 Å². The minimum atomic E-state index is -0.589. The Morgan fingerprint density at radius 2 is 2.00 bits per heavy atom. The number of piperidine rings is 1. The quantitative estimate of drug-likeness (QED) is 0.717. The summed E-state index contributed by atoms with van der Waals surface area (Å²) in [4.78, 5) is 14.2. The Bertz CT molecular complexity index is 300. The highest BCUT2D eigenvalue weighted by molar-refractivity contribution is 5.84. The molecular weight excluding hydrogens is 250 g/mol. The number of nitrogens with two attached hydrogens (primary N) is 1. The minimum Gasteiger partial charge on any atom is -0.368 e. The molecule has 4 nitrogen and oxygen atoms in total. The van der Waals surface area contributed by atoms with Gasteiger partial charge in [0.1, 0.15) is 0 Å². The molecule has 0 aromatic carbocycles. The molecule has 1 heterocycles. The third-order valence-corrected chi connectivity index (χ3v) is 4.78. The van der Waals surface area contributed by atoms with Gasteiger partial charge in [0.05, 0.1) is 5.54 Å². The Balaban J connectivity index is 2.50. The molecule has 2 atom stereocenters. The van der Waals surface area contributed by atoms with E-state index < -0.39 is 5.54 Å². The Morgan fingerprint density at radius 1 is 1.40 bits per heavy atom. The molecule has 0 aromatic rings. The first-order chi connectivity index (χ1) is 9.42. The zero-order valence-corrected chi connectivity index (χ0v) is 13.7. The van der Waals surface area contributed by atoms with Crippen molar-refractivity contribution in [2.75, 3.05) is 19.6 Å². The van der Waals surface area contributed by atoms with Crippen LogP contribution in [0.2, 0.25) is 0 Å². The molecule has 20 heavy (non-hydrogen) atoms. The fraction of sp³-hybridized carbons (Fsp3) is 0.938. The third-order valence-electron chi connectivity index (χ3n) is 4.78. The second-order valence-corrected chi connectivity index (χ2v) is 6.55. The zero-order chi connectivity index (χ0) is 15.2. The number of carbonyl (C=O) groups excluding carboxylic acids is 1. The Labute approximate surface area is 124 Å². The van der Waals surface area contributed by atoms with Crippen molar-refractivity contribution in [2.24, 2.45) is 11.7 Å². The summed E-state index contributed by atoms with van der Waals surface area (Å²) in [5.41, 5.74) is 4.99. The topological polar surface area (TPSA) is 58.4 Å². The molecule has 0 radical (unpaired) electrons. The number of likely N-dealkylation sites (tertiary alicyclic amines) is 1. The number of likely N-dealkylation sites (N-methyl/N-ethyl adjacent to an activating group) is 1. The van der Waals surface area contributed by atoms with Crippen molar-refractivity contribution in [3.8, 4) is 0 Å². The fourth-order valence-corrected chi connectivity index (χ4v) is 3.46. The van der Waals surface area contributed by atoms with Crippen molar-refractivity contribution in [1.82, 2.24) is 10.2 Å². The lowest BCUT2D eigenvalue weighted by Crippen LogP contribution is -2.56. The van der Waals surface area contributed by atoms with Crippen LogP contribution < -0.4 is 11.1 Å². The molecular formula is C16H33N3O. The first-order valence-electron chi connectivity index (χ1n) is 8.22. The predicted molar refractivity (Wildman–Crippen MR) is 84.6 cm³/mol. The third kappa shape index (κ3) is 4.74. The molecule has 1 aliphatic heterocycles. The van der Waals surface area contributed by atoms with E-state index in [1.54, 1.807) is 0 Å². The standard InChI is InChI=1S/C16H33N3O/c1-5-7-14-8-10-19(11-9-14)13(3)12-16(4,15(17)20)18-6-2/h13-14,18H,5-12H2,1-4H3,(H2,17,20). The van der Waals surface area contributed by atoms with Gasteiger partial charge in [-0.25, -0.2) is 0 Å². The number of nitrogens with one attached hydrogen (secondary N) is 1. The summed E-state index contributed by atoms with van der Waals surface area (Å²) in [7, 11) is 0. The van der Waals surface area contributed by atoms with Crippen LogP contribution in [-0.2, 0) is 4.79 Å². The number of hydrogen-bond acceptors (Lipinski definition) is 3. The lowest BCUT2D eigenvalue weighted by molar-refractivity contribution is -0.124. The van der Waals surface area contributed by atoms with E-state index in [-0.39, 0.29) is 5.91 Å². The van der Waals surface area contributed by atoms with E-state index in [4.69, 9.17) is 5.73 Å². The molecule has 1 fully saturated rings. The summed E-state index contributed by atoms with van der Waals surface area (Å²) < 4.78 is 0. The molecule has 3 N–H and O–H groups in total. The van der Waals surface area contributed by atoms with Gasteiger partial charge in [0.25, 0.3) is 0 Å². The van der Waals surface area contributed by atoms with Gasteiger partial charge in [0.15, 0.2) is 0 Å². The average molecular weight is 283 g/mol. The zero-order valence-electron chi connectivity index (χ0n) is 13.7. The van der Waals surface area contributed by atoms with Crippen LogP contribution in [0.3, 0.4) is 0 Å². The number of rotatable bonds is 8. The highest BCUT2D eigenvalue weighted by Gasteiger charge is 2.34. The molecule has 2 unspecified atom stereocenters. The van der Waals surface area contributed by atoms with E-state index in [1.165, 1.54) is 25.7 Å². The summed E-state index contributed by atoms with van der Waals surface area (Å²) in [5.74, 6) is 0.659. The maximum absolute atomic E-state index is 11.7. The van der Waals surface area contributed by atoms with E-state index in [0.717, 1.165) is 32.0 Å². The van der Waals surface area contributed by atoms with E-state index in [0.29, 0.717) is 6.04 Å². The summed E-state index contributed by atoms with van der Waals surface area (Å²) >= 11 is 0. The van der Waals surface area contributed by atoms with Gasteiger partial charge in [-0.05, 0) is 58.7 Å². The lowest BCUT2D eigenvalue weighted by atomic mass is 9.88. The van der Waals surface area contributed by atoms with Crippen LogP contribution in [0.5, 0.6) is 0 Å². The summed E-state index contributed by atoms with van der Waals surface area (Å²) in [6.45, 7) is 11.5. The molecule has 4 heteroatoms. The first-order valence-corrected chi connectivity index (χ1v) is 8.22. The van der Waals surface area contributed by atoms with Crippen LogP contribution in [0.15, 0.2) is 0 Å². The molecule has 0 saturated carbocycles. The number of carbonyl (C=O) groups is 1. The second-order valence-electron chi connectivity index (χ2n) is 6.55. The van der Waals surface area contributed by atoms with Gasteiger partial charge >= 0.3 is 0 Å². The maximum Gasteiger partial charge on any atom is 0.237 e. The van der Waals surface area contributed by atoms with Gasteiger partial charge in [-0.2, -0.15) is 0 Å². The molecule has 118 valence electrons. The Kier molecular flexibility index (Phi) is 6.96. The molecule has 0 spiro atoms. The van der Waals surface area contributed by atoms with E-state index in [9.17, 15) is 4.79 Å². The number of primary amides is 1. The van der Waals surface area contributed by atoms with Crippen molar-refractivity contribution in [3.63, 3.8) is 0 Å². The molecule has 1 saturated heterocycles. The van der Waals surface area contributed by atoms with Crippen molar-refractivity contribution in [2.45, 2.75) is 71.4 Å². The number of hydrogen-bond donors (Lipinski definition) is 2. The van der Waals surface area contributed by atoms with E-state index in [2.05, 4.69) is 24.1 Å². The first kappa shape index (κ1) is 17.4. The van der Waals surface area contributed by atoms with Crippen molar-refractivity contribution < 1.29 is 4.79 Å². The van der Waals surface area contributed by atoms with Crippen LogP contribution in [-0.4, -0.2) is 42.0 Å². The average Bonchev–Trinajstić information content (AvgIpc) is 2.40. The summed E-state index contributed by atoms with van der Waals surface area (Å²) in [5, 5.41) is 3.26. The maximum atomic E-state index is 11.7. The molecule has 0 aromatic heterocycles. The van der Waals surface area contributed by atoms with Crippen LogP contribution in [0.1, 0.15) is 59.8 Å².